The number of para-hydroxylation sites is 1. The summed E-state index contributed by atoms with van der Waals surface area (Å²) in [5.74, 6) is 0.557. The topological polar surface area (TPSA) is 63.4 Å². The lowest BCUT2D eigenvalue weighted by Gasteiger charge is -2.26. The van der Waals surface area contributed by atoms with Gasteiger partial charge in [-0.15, -0.1) is 0 Å². The Kier molecular flexibility index (Phi) is 6.49. The Hall–Kier alpha value is -1.07. The molecule has 1 aromatic carbocycles. The molecule has 2 N–H and O–H groups in total. The van der Waals surface area contributed by atoms with Gasteiger partial charge in [-0.25, -0.2) is 8.42 Å². The van der Waals surface area contributed by atoms with Crippen LogP contribution in [0.5, 0.6) is 0 Å². The third-order valence-electron chi connectivity index (χ3n) is 3.24. The Bertz CT molecular complexity index is 512. The van der Waals surface area contributed by atoms with E-state index in [0.717, 1.165) is 11.3 Å². The van der Waals surface area contributed by atoms with Crippen LogP contribution in [0, 0.1) is 12.8 Å². The van der Waals surface area contributed by atoms with Crippen molar-refractivity contribution in [1.82, 2.24) is 0 Å². The van der Waals surface area contributed by atoms with Gasteiger partial charge in [0.25, 0.3) is 0 Å². The van der Waals surface area contributed by atoms with Gasteiger partial charge in [-0.2, -0.15) is 0 Å². The SMILES string of the molecule is Cc1ccccc1N(CCCN)S(=O)(=O)CCC(C)C. The van der Waals surface area contributed by atoms with Crippen LogP contribution < -0.4 is 10.0 Å². The quantitative estimate of drug-likeness (QED) is 0.802. The van der Waals surface area contributed by atoms with Crippen molar-refractivity contribution in [2.24, 2.45) is 11.7 Å². The summed E-state index contributed by atoms with van der Waals surface area (Å²) in [5, 5.41) is 0. The zero-order chi connectivity index (χ0) is 15.2. The summed E-state index contributed by atoms with van der Waals surface area (Å²) < 4.78 is 26.7. The molecule has 0 aliphatic heterocycles. The lowest BCUT2D eigenvalue weighted by molar-refractivity contribution is 0.568. The Morgan fingerprint density at radius 2 is 1.90 bits per heavy atom. The van der Waals surface area contributed by atoms with Crippen LogP contribution in [0.3, 0.4) is 0 Å². The highest BCUT2D eigenvalue weighted by Crippen LogP contribution is 2.23. The van der Waals surface area contributed by atoms with Crippen molar-refractivity contribution >= 4 is 15.7 Å². The maximum Gasteiger partial charge on any atom is 0.235 e. The van der Waals surface area contributed by atoms with Crippen LogP contribution in [0.15, 0.2) is 24.3 Å². The molecule has 0 saturated heterocycles. The van der Waals surface area contributed by atoms with Gasteiger partial charge in [0, 0.05) is 6.54 Å². The van der Waals surface area contributed by atoms with E-state index in [2.05, 4.69) is 0 Å². The van der Waals surface area contributed by atoms with Gasteiger partial charge >= 0.3 is 0 Å². The number of rotatable bonds is 8. The zero-order valence-corrected chi connectivity index (χ0v) is 13.5. The second-order valence-corrected chi connectivity index (χ2v) is 7.51. The maximum atomic E-state index is 12.6. The molecule has 0 aliphatic rings. The van der Waals surface area contributed by atoms with Gasteiger partial charge in [-0.05, 0) is 43.9 Å². The molecule has 0 spiro atoms. The van der Waals surface area contributed by atoms with Gasteiger partial charge in [0.1, 0.15) is 0 Å². The summed E-state index contributed by atoms with van der Waals surface area (Å²) in [5.41, 5.74) is 7.28. The van der Waals surface area contributed by atoms with Crippen LogP contribution in [-0.2, 0) is 10.0 Å². The normalized spacial score (nSPS) is 11.8. The molecule has 0 aliphatic carbocycles. The number of nitrogens with zero attached hydrogens (tertiary/aromatic N) is 1. The number of anilines is 1. The van der Waals surface area contributed by atoms with Crippen molar-refractivity contribution in [3.63, 3.8) is 0 Å². The molecule has 0 bridgehead atoms. The zero-order valence-electron chi connectivity index (χ0n) is 12.7. The molecule has 0 saturated carbocycles. The molecule has 0 unspecified atom stereocenters. The van der Waals surface area contributed by atoms with E-state index in [1.54, 1.807) is 0 Å². The van der Waals surface area contributed by atoms with Crippen LogP contribution in [0.2, 0.25) is 0 Å². The number of benzene rings is 1. The van der Waals surface area contributed by atoms with Gasteiger partial charge < -0.3 is 5.73 Å². The molecule has 1 aromatic rings. The Morgan fingerprint density at radius 3 is 2.45 bits per heavy atom. The minimum atomic E-state index is -3.29. The number of hydrogen-bond donors (Lipinski definition) is 1. The Balaban J connectivity index is 3.03. The Morgan fingerprint density at radius 1 is 1.25 bits per heavy atom. The highest BCUT2D eigenvalue weighted by atomic mass is 32.2. The fourth-order valence-electron chi connectivity index (χ4n) is 1.98. The standard InChI is InChI=1S/C15H26N2O2S/c1-13(2)9-12-20(18,19)17(11-6-10-16)15-8-5-4-7-14(15)3/h4-5,7-8,13H,6,9-12,16H2,1-3H3. The fraction of sp³-hybridized carbons (Fsp3) is 0.600. The first-order valence-corrected chi connectivity index (χ1v) is 8.75. The molecule has 5 heteroatoms. The van der Waals surface area contributed by atoms with Crippen LogP contribution in [0.25, 0.3) is 0 Å². The summed E-state index contributed by atoms with van der Waals surface area (Å²) in [4.78, 5) is 0. The van der Waals surface area contributed by atoms with Crippen molar-refractivity contribution in [2.75, 3.05) is 23.1 Å². The smallest absolute Gasteiger partial charge is 0.235 e. The van der Waals surface area contributed by atoms with Crippen LogP contribution in [0.4, 0.5) is 5.69 Å². The predicted molar refractivity (Wildman–Crippen MR) is 85.4 cm³/mol. The van der Waals surface area contributed by atoms with E-state index in [4.69, 9.17) is 5.73 Å². The molecule has 0 aromatic heterocycles. The van der Waals surface area contributed by atoms with Gasteiger partial charge in [-0.3, -0.25) is 4.31 Å². The average Bonchev–Trinajstić information content (AvgIpc) is 2.39. The van der Waals surface area contributed by atoms with Crippen molar-refractivity contribution < 1.29 is 8.42 Å². The van der Waals surface area contributed by atoms with Gasteiger partial charge in [0.2, 0.25) is 10.0 Å². The molecule has 0 amide bonds. The summed E-state index contributed by atoms with van der Waals surface area (Å²) in [6, 6.07) is 7.58. The van der Waals surface area contributed by atoms with Gasteiger partial charge in [0.05, 0.1) is 11.4 Å². The number of aryl methyl sites for hydroxylation is 1. The van der Waals surface area contributed by atoms with E-state index in [-0.39, 0.29) is 5.75 Å². The maximum absolute atomic E-state index is 12.6. The first-order valence-electron chi connectivity index (χ1n) is 7.14. The Labute approximate surface area is 123 Å². The molecule has 20 heavy (non-hydrogen) atoms. The summed E-state index contributed by atoms with van der Waals surface area (Å²) in [7, 11) is -3.29. The summed E-state index contributed by atoms with van der Waals surface area (Å²) in [6.07, 6.45) is 1.34. The highest BCUT2D eigenvalue weighted by Gasteiger charge is 2.23. The van der Waals surface area contributed by atoms with Gasteiger partial charge in [-0.1, -0.05) is 32.0 Å². The minimum Gasteiger partial charge on any atom is -0.330 e. The van der Waals surface area contributed by atoms with Crippen molar-refractivity contribution in [3.05, 3.63) is 29.8 Å². The highest BCUT2D eigenvalue weighted by molar-refractivity contribution is 7.92. The van der Waals surface area contributed by atoms with E-state index in [1.165, 1.54) is 4.31 Å². The third kappa shape index (κ3) is 4.80. The lowest BCUT2D eigenvalue weighted by atomic mass is 10.2. The van der Waals surface area contributed by atoms with Crippen LogP contribution in [-0.4, -0.2) is 27.3 Å². The first-order chi connectivity index (χ1) is 9.38. The molecule has 1 rings (SSSR count). The van der Waals surface area contributed by atoms with Crippen molar-refractivity contribution in [3.8, 4) is 0 Å². The van der Waals surface area contributed by atoms with E-state index in [1.807, 2.05) is 45.0 Å². The molecule has 0 heterocycles. The second-order valence-electron chi connectivity index (χ2n) is 5.50. The monoisotopic (exact) mass is 298 g/mol. The predicted octanol–water partition coefficient (Wildman–Crippen LogP) is 2.53. The molecule has 0 fully saturated rings. The fourth-order valence-corrected chi connectivity index (χ4v) is 3.88. The van der Waals surface area contributed by atoms with Crippen molar-refractivity contribution in [1.29, 1.82) is 0 Å². The van der Waals surface area contributed by atoms with E-state index < -0.39 is 10.0 Å². The summed E-state index contributed by atoms with van der Waals surface area (Å²) >= 11 is 0. The molecule has 4 nitrogen and oxygen atoms in total. The second kappa shape index (κ2) is 7.64. The lowest BCUT2D eigenvalue weighted by Crippen LogP contribution is -2.35. The van der Waals surface area contributed by atoms with Crippen LogP contribution in [0.1, 0.15) is 32.3 Å². The van der Waals surface area contributed by atoms with Crippen molar-refractivity contribution in [2.45, 2.75) is 33.6 Å². The summed E-state index contributed by atoms with van der Waals surface area (Å²) in [6.45, 7) is 6.94. The third-order valence-corrected chi connectivity index (χ3v) is 5.04. The molecule has 0 radical (unpaired) electrons. The molecule has 114 valence electrons. The average molecular weight is 298 g/mol. The number of nitrogens with two attached hydrogens (primary N) is 1. The van der Waals surface area contributed by atoms with E-state index in [0.29, 0.717) is 31.8 Å². The van der Waals surface area contributed by atoms with Crippen LogP contribution >= 0.6 is 0 Å². The number of sulfonamides is 1. The molecular formula is C15H26N2O2S. The minimum absolute atomic E-state index is 0.184. The van der Waals surface area contributed by atoms with Gasteiger partial charge in [0.15, 0.2) is 0 Å². The number of hydrogen-bond acceptors (Lipinski definition) is 3. The first kappa shape index (κ1) is 17.0. The largest absolute Gasteiger partial charge is 0.330 e. The molecular weight excluding hydrogens is 272 g/mol. The van der Waals surface area contributed by atoms with E-state index >= 15 is 0 Å². The van der Waals surface area contributed by atoms with E-state index in [9.17, 15) is 8.42 Å². The molecule has 0 atom stereocenters.